The van der Waals surface area contributed by atoms with Gasteiger partial charge in [-0.05, 0) is 47.5 Å². The van der Waals surface area contributed by atoms with E-state index in [2.05, 4.69) is 114 Å². The lowest BCUT2D eigenvalue weighted by molar-refractivity contribution is 0.666. The van der Waals surface area contributed by atoms with Crippen LogP contribution in [0.1, 0.15) is 0 Å². The standard InChI is InChI=1S/C45H28N4O/c1-3-13-29(14-4-1)43-46-44(30-15-5-2-6-16-30)48-45(47-43)33-18-11-17-31(27-33)32-25-26-36-37-21-12-24-40(42(37)50-41(36)28-32)49-38-22-9-7-19-34(38)35-20-8-10-23-39(35)49/h1-28H. The molecule has 10 aromatic rings. The molecule has 0 bridgehead atoms. The molecule has 10 rings (SSSR count). The Morgan fingerprint density at radius 3 is 1.52 bits per heavy atom. The fraction of sp³-hybridized carbons (Fsp3) is 0. The van der Waals surface area contributed by atoms with E-state index in [1.54, 1.807) is 0 Å². The Hall–Kier alpha value is -6.85. The van der Waals surface area contributed by atoms with Crippen molar-refractivity contribution in [2.45, 2.75) is 0 Å². The number of rotatable bonds is 5. The first-order valence-corrected chi connectivity index (χ1v) is 16.7. The Balaban J connectivity index is 1.10. The van der Waals surface area contributed by atoms with Gasteiger partial charge in [-0.3, -0.25) is 0 Å². The molecule has 7 aromatic carbocycles. The van der Waals surface area contributed by atoms with Crippen LogP contribution >= 0.6 is 0 Å². The molecule has 0 fully saturated rings. The van der Waals surface area contributed by atoms with Crippen LogP contribution in [0.2, 0.25) is 0 Å². The lowest BCUT2D eigenvalue weighted by Gasteiger charge is -2.09. The molecule has 50 heavy (non-hydrogen) atoms. The number of benzene rings is 7. The van der Waals surface area contributed by atoms with Crippen molar-refractivity contribution in [2.75, 3.05) is 0 Å². The highest BCUT2D eigenvalue weighted by molar-refractivity contribution is 6.13. The van der Waals surface area contributed by atoms with Crippen LogP contribution in [0, 0.1) is 0 Å². The molecule has 0 saturated heterocycles. The zero-order valence-electron chi connectivity index (χ0n) is 26.9. The largest absolute Gasteiger partial charge is 0.454 e. The van der Waals surface area contributed by atoms with Gasteiger partial charge in [0.05, 0.1) is 16.7 Å². The van der Waals surface area contributed by atoms with Gasteiger partial charge in [-0.2, -0.15) is 0 Å². The number of furan rings is 1. The van der Waals surface area contributed by atoms with Crippen molar-refractivity contribution in [1.29, 1.82) is 0 Å². The Morgan fingerprint density at radius 1 is 0.360 bits per heavy atom. The molecule has 0 unspecified atom stereocenters. The SMILES string of the molecule is c1ccc(-c2nc(-c3ccccc3)nc(-c3cccc(-c4ccc5c(c4)oc4c(-n6c7ccccc7c7ccccc76)cccc45)c3)n2)cc1. The summed E-state index contributed by atoms with van der Waals surface area (Å²) in [5, 5.41) is 4.62. The van der Waals surface area contributed by atoms with Gasteiger partial charge >= 0.3 is 0 Å². The van der Waals surface area contributed by atoms with Gasteiger partial charge in [0.15, 0.2) is 23.1 Å². The Labute approximate surface area is 287 Å². The first-order valence-electron chi connectivity index (χ1n) is 16.7. The molecule has 0 aliphatic heterocycles. The molecule has 234 valence electrons. The van der Waals surface area contributed by atoms with Crippen molar-refractivity contribution in [2.24, 2.45) is 0 Å². The maximum atomic E-state index is 6.76. The molecule has 0 spiro atoms. The number of nitrogens with zero attached hydrogens (tertiary/aromatic N) is 4. The van der Waals surface area contributed by atoms with E-state index >= 15 is 0 Å². The summed E-state index contributed by atoms with van der Waals surface area (Å²) in [5.41, 5.74) is 9.95. The summed E-state index contributed by atoms with van der Waals surface area (Å²) in [6.45, 7) is 0. The first-order chi connectivity index (χ1) is 24.8. The second kappa shape index (κ2) is 11.4. The Bertz CT molecular complexity index is 2760. The highest BCUT2D eigenvalue weighted by Gasteiger charge is 2.18. The average molecular weight is 641 g/mol. The average Bonchev–Trinajstić information content (AvgIpc) is 3.74. The van der Waals surface area contributed by atoms with Crippen LogP contribution in [0.5, 0.6) is 0 Å². The summed E-state index contributed by atoms with van der Waals surface area (Å²) >= 11 is 0. The third kappa shape index (κ3) is 4.60. The maximum absolute atomic E-state index is 6.76. The number of aromatic nitrogens is 4. The van der Waals surface area contributed by atoms with Crippen LogP contribution < -0.4 is 0 Å². The van der Waals surface area contributed by atoms with Gasteiger partial charge in [0.2, 0.25) is 0 Å². The molecular weight excluding hydrogens is 613 g/mol. The van der Waals surface area contributed by atoms with Crippen LogP contribution in [-0.2, 0) is 0 Å². The zero-order valence-corrected chi connectivity index (χ0v) is 26.9. The molecule has 0 saturated carbocycles. The lowest BCUT2D eigenvalue weighted by atomic mass is 10.0. The minimum absolute atomic E-state index is 0.625. The second-order valence-electron chi connectivity index (χ2n) is 12.5. The van der Waals surface area contributed by atoms with Crippen molar-refractivity contribution in [3.63, 3.8) is 0 Å². The van der Waals surface area contributed by atoms with Gasteiger partial charge in [-0.25, -0.2) is 15.0 Å². The molecular formula is C45H28N4O. The maximum Gasteiger partial charge on any atom is 0.164 e. The molecule has 3 heterocycles. The summed E-state index contributed by atoms with van der Waals surface area (Å²) in [7, 11) is 0. The summed E-state index contributed by atoms with van der Waals surface area (Å²) in [6, 6.07) is 58.5. The number of para-hydroxylation sites is 3. The van der Waals surface area contributed by atoms with Gasteiger partial charge in [-0.1, -0.05) is 133 Å². The summed E-state index contributed by atoms with van der Waals surface area (Å²) in [4.78, 5) is 14.8. The predicted molar refractivity (Wildman–Crippen MR) is 203 cm³/mol. The molecule has 0 amide bonds. The van der Waals surface area contributed by atoms with E-state index in [4.69, 9.17) is 19.4 Å². The molecule has 3 aromatic heterocycles. The van der Waals surface area contributed by atoms with Crippen molar-refractivity contribution in [3.05, 3.63) is 170 Å². The molecule has 0 aliphatic carbocycles. The molecule has 5 heteroatoms. The van der Waals surface area contributed by atoms with Gasteiger partial charge in [0.25, 0.3) is 0 Å². The van der Waals surface area contributed by atoms with E-state index in [0.29, 0.717) is 17.5 Å². The van der Waals surface area contributed by atoms with Crippen LogP contribution in [0.15, 0.2) is 174 Å². The summed E-state index contributed by atoms with van der Waals surface area (Å²) in [6.07, 6.45) is 0. The molecule has 5 nitrogen and oxygen atoms in total. The van der Waals surface area contributed by atoms with Crippen molar-refractivity contribution < 1.29 is 4.42 Å². The van der Waals surface area contributed by atoms with Gasteiger partial charge < -0.3 is 8.98 Å². The third-order valence-electron chi connectivity index (χ3n) is 9.45. The molecule has 0 atom stereocenters. The Kier molecular flexibility index (Phi) is 6.42. The fourth-order valence-corrected chi connectivity index (χ4v) is 7.10. The van der Waals surface area contributed by atoms with Crippen molar-refractivity contribution in [1.82, 2.24) is 19.5 Å². The van der Waals surface area contributed by atoms with Crippen LogP contribution in [0.3, 0.4) is 0 Å². The predicted octanol–water partition coefficient (Wildman–Crippen LogP) is 11.5. The monoisotopic (exact) mass is 640 g/mol. The van der Waals surface area contributed by atoms with Crippen LogP contribution in [0.25, 0.3) is 94.7 Å². The number of hydrogen-bond donors (Lipinski definition) is 0. The smallest absolute Gasteiger partial charge is 0.164 e. The molecule has 0 aliphatic rings. The zero-order chi connectivity index (χ0) is 33.0. The Morgan fingerprint density at radius 2 is 0.860 bits per heavy atom. The number of hydrogen-bond acceptors (Lipinski definition) is 4. The van der Waals surface area contributed by atoms with E-state index in [-0.39, 0.29) is 0 Å². The summed E-state index contributed by atoms with van der Waals surface area (Å²) < 4.78 is 9.08. The normalized spacial score (nSPS) is 11.6. The van der Waals surface area contributed by atoms with Crippen LogP contribution in [-0.4, -0.2) is 19.5 Å². The highest BCUT2D eigenvalue weighted by Crippen LogP contribution is 2.39. The first kappa shape index (κ1) is 28.2. The molecule has 0 N–H and O–H groups in total. The van der Waals surface area contributed by atoms with E-state index in [0.717, 1.165) is 66.5 Å². The van der Waals surface area contributed by atoms with Gasteiger partial charge in [-0.15, -0.1) is 0 Å². The quantitative estimate of drug-likeness (QED) is 0.188. The lowest BCUT2D eigenvalue weighted by Crippen LogP contribution is -2.00. The topological polar surface area (TPSA) is 56.7 Å². The second-order valence-corrected chi connectivity index (χ2v) is 12.5. The van der Waals surface area contributed by atoms with Gasteiger partial charge in [0.1, 0.15) is 5.58 Å². The highest BCUT2D eigenvalue weighted by atomic mass is 16.3. The number of fused-ring (bicyclic) bond motifs is 6. The molecule has 0 radical (unpaired) electrons. The van der Waals surface area contributed by atoms with Gasteiger partial charge in [0, 0.05) is 38.2 Å². The van der Waals surface area contributed by atoms with Crippen molar-refractivity contribution in [3.8, 4) is 51.0 Å². The van der Waals surface area contributed by atoms with E-state index in [1.165, 1.54) is 10.8 Å². The minimum Gasteiger partial charge on any atom is -0.454 e. The van der Waals surface area contributed by atoms with Crippen molar-refractivity contribution >= 4 is 43.7 Å². The summed E-state index contributed by atoms with van der Waals surface area (Å²) in [5.74, 6) is 1.91. The van der Waals surface area contributed by atoms with E-state index in [1.807, 2.05) is 60.7 Å². The fourth-order valence-electron chi connectivity index (χ4n) is 7.10. The van der Waals surface area contributed by atoms with Crippen LogP contribution in [0.4, 0.5) is 0 Å². The minimum atomic E-state index is 0.625. The van der Waals surface area contributed by atoms with E-state index in [9.17, 15) is 0 Å². The van der Waals surface area contributed by atoms with E-state index < -0.39 is 0 Å². The third-order valence-corrected chi connectivity index (χ3v) is 9.45.